The highest BCUT2D eigenvalue weighted by Crippen LogP contribution is 2.47. The Morgan fingerprint density at radius 1 is 1.21 bits per heavy atom. The molecule has 0 bridgehead atoms. The van der Waals surface area contributed by atoms with Gasteiger partial charge in [-0.2, -0.15) is 0 Å². The first-order valence-electron chi connectivity index (χ1n) is 7.21. The molecule has 0 radical (unpaired) electrons. The lowest BCUT2D eigenvalue weighted by atomic mass is 9.73. The van der Waals surface area contributed by atoms with Gasteiger partial charge in [-0.1, -0.05) is 22.4 Å². The zero-order valence-corrected chi connectivity index (χ0v) is 12.6. The smallest absolute Gasteiger partial charge is 0.124 e. The van der Waals surface area contributed by atoms with Crippen molar-refractivity contribution in [2.75, 3.05) is 0 Å². The molecule has 2 fully saturated rings. The van der Waals surface area contributed by atoms with E-state index in [4.69, 9.17) is 0 Å². The van der Waals surface area contributed by atoms with E-state index in [1.807, 2.05) is 6.07 Å². The van der Waals surface area contributed by atoms with Crippen molar-refractivity contribution in [3.05, 3.63) is 34.1 Å². The van der Waals surface area contributed by atoms with Crippen LogP contribution in [0, 0.1) is 17.7 Å². The second-order valence-corrected chi connectivity index (χ2v) is 7.29. The average molecular weight is 327 g/mol. The Labute approximate surface area is 122 Å². The molecule has 1 aromatic rings. The van der Waals surface area contributed by atoms with Gasteiger partial charge in [0.2, 0.25) is 0 Å². The molecule has 2 saturated carbocycles. The summed E-state index contributed by atoms with van der Waals surface area (Å²) in [5.41, 5.74) is 0.268. The highest BCUT2D eigenvalue weighted by molar-refractivity contribution is 9.10. The molecule has 0 saturated heterocycles. The summed E-state index contributed by atoms with van der Waals surface area (Å²) >= 11 is 3.32. The summed E-state index contributed by atoms with van der Waals surface area (Å²) in [5, 5.41) is 10.8. The zero-order chi connectivity index (χ0) is 13.5. The number of hydrogen-bond donors (Lipinski definition) is 1. The molecule has 2 atom stereocenters. The fourth-order valence-corrected chi connectivity index (χ4v) is 4.12. The van der Waals surface area contributed by atoms with Gasteiger partial charge in [0.1, 0.15) is 5.82 Å². The first kappa shape index (κ1) is 13.6. The van der Waals surface area contributed by atoms with Gasteiger partial charge < -0.3 is 5.11 Å². The summed E-state index contributed by atoms with van der Waals surface area (Å²) in [6.07, 6.45) is 7.37. The summed E-state index contributed by atoms with van der Waals surface area (Å²) < 4.78 is 14.2. The predicted molar refractivity (Wildman–Crippen MR) is 77.4 cm³/mol. The number of halogens is 2. The van der Waals surface area contributed by atoms with Crippen molar-refractivity contribution >= 4 is 15.9 Å². The first-order valence-corrected chi connectivity index (χ1v) is 8.01. The molecule has 0 heterocycles. The number of hydrogen-bond acceptors (Lipinski definition) is 1. The van der Waals surface area contributed by atoms with Crippen LogP contribution in [0.5, 0.6) is 0 Å². The van der Waals surface area contributed by atoms with Crippen LogP contribution in [0.15, 0.2) is 22.7 Å². The van der Waals surface area contributed by atoms with E-state index in [-0.39, 0.29) is 5.82 Å². The third-order valence-electron chi connectivity index (χ3n) is 4.60. The minimum Gasteiger partial charge on any atom is -0.390 e. The first-order chi connectivity index (χ1) is 9.04. The van der Waals surface area contributed by atoms with E-state index in [9.17, 15) is 9.50 Å². The molecule has 1 N–H and O–H groups in total. The molecule has 2 aliphatic carbocycles. The van der Waals surface area contributed by atoms with Crippen molar-refractivity contribution in [1.82, 2.24) is 0 Å². The maximum Gasteiger partial charge on any atom is 0.124 e. The Morgan fingerprint density at radius 3 is 2.68 bits per heavy atom. The highest BCUT2D eigenvalue weighted by Gasteiger charge is 2.40. The quantitative estimate of drug-likeness (QED) is 0.869. The van der Waals surface area contributed by atoms with Crippen LogP contribution in [0.3, 0.4) is 0 Å². The molecule has 2 aliphatic rings. The standard InChI is InChI=1S/C16H20BrFO/c17-14-6-11(7-15(18)8-14)9-16(19)5-1-2-13(10-16)12-3-4-12/h6-8,12-13,19H,1-5,9-10H2. The van der Waals surface area contributed by atoms with Crippen molar-refractivity contribution in [3.63, 3.8) is 0 Å². The fraction of sp³-hybridized carbons (Fsp3) is 0.625. The molecular formula is C16H20BrFO. The molecule has 0 aromatic heterocycles. The SMILES string of the molecule is OC1(Cc2cc(F)cc(Br)c2)CCCC(C2CC2)C1. The van der Waals surface area contributed by atoms with Crippen molar-refractivity contribution in [3.8, 4) is 0 Å². The van der Waals surface area contributed by atoms with E-state index >= 15 is 0 Å². The molecule has 19 heavy (non-hydrogen) atoms. The largest absolute Gasteiger partial charge is 0.390 e. The summed E-state index contributed by atoms with van der Waals surface area (Å²) in [6, 6.07) is 4.92. The van der Waals surface area contributed by atoms with Gasteiger partial charge in [0.05, 0.1) is 5.60 Å². The third-order valence-corrected chi connectivity index (χ3v) is 5.06. The Balaban J connectivity index is 1.72. The topological polar surface area (TPSA) is 20.2 Å². The van der Waals surface area contributed by atoms with Crippen LogP contribution < -0.4 is 0 Å². The molecule has 2 unspecified atom stereocenters. The van der Waals surface area contributed by atoms with Gasteiger partial charge in [-0.15, -0.1) is 0 Å². The lowest BCUT2D eigenvalue weighted by Crippen LogP contribution is -2.38. The van der Waals surface area contributed by atoms with Gasteiger partial charge in [-0.05, 0) is 67.7 Å². The number of benzene rings is 1. The van der Waals surface area contributed by atoms with E-state index in [1.165, 1.54) is 25.3 Å². The van der Waals surface area contributed by atoms with Crippen molar-refractivity contribution < 1.29 is 9.50 Å². The van der Waals surface area contributed by atoms with Crippen LogP contribution in [-0.2, 0) is 6.42 Å². The van der Waals surface area contributed by atoms with Gasteiger partial charge in [0.25, 0.3) is 0 Å². The molecule has 0 aliphatic heterocycles. The van der Waals surface area contributed by atoms with Gasteiger partial charge in [0.15, 0.2) is 0 Å². The van der Waals surface area contributed by atoms with Crippen LogP contribution in [0.25, 0.3) is 0 Å². The molecular weight excluding hydrogens is 307 g/mol. The maximum atomic E-state index is 13.4. The second-order valence-electron chi connectivity index (χ2n) is 6.37. The molecule has 1 nitrogen and oxygen atoms in total. The summed E-state index contributed by atoms with van der Waals surface area (Å²) in [6.45, 7) is 0. The molecule has 1 aromatic carbocycles. The average Bonchev–Trinajstić information content (AvgIpc) is 3.10. The van der Waals surface area contributed by atoms with Crippen molar-refractivity contribution in [1.29, 1.82) is 0 Å². The Bertz CT molecular complexity index is 452. The van der Waals surface area contributed by atoms with Crippen LogP contribution in [0.4, 0.5) is 4.39 Å². The van der Waals surface area contributed by atoms with Crippen molar-refractivity contribution in [2.24, 2.45) is 11.8 Å². The van der Waals surface area contributed by atoms with Gasteiger partial charge in [-0.25, -0.2) is 4.39 Å². The summed E-state index contributed by atoms with van der Waals surface area (Å²) in [7, 11) is 0. The third kappa shape index (κ3) is 3.38. The lowest BCUT2D eigenvalue weighted by molar-refractivity contribution is -0.0196. The fourth-order valence-electron chi connectivity index (χ4n) is 3.61. The highest BCUT2D eigenvalue weighted by atomic mass is 79.9. The molecule has 3 heteroatoms. The van der Waals surface area contributed by atoms with Crippen LogP contribution in [0.1, 0.15) is 44.1 Å². The normalized spacial score (nSPS) is 31.4. The lowest BCUT2D eigenvalue weighted by Gasteiger charge is -2.37. The van der Waals surface area contributed by atoms with Gasteiger partial charge >= 0.3 is 0 Å². The van der Waals surface area contributed by atoms with E-state index in [2.05, 4.69) is 15.9 Å². The Hall–Kier alpha value is -0.410. The van der Waals surface area contributed by atoms with Crippen LogP contribution in [0.2, 0.25) is 0 Å². The summed E-state index contributed by atoms with van der Waals surface area (Å²) in [4.78, 5) is 0. The Kier molecular flexibility index (Phi) is 3.69. The maximum absolute atomic E-state index is 13.4. The van der Waals surface area contributed by atoms with Gasteiger partial charge in [0, 0.05) is 10.9 Å². The van der Waals surface area contributed by atoms with E-state index < -0.39 is 5.60 Å². The minimum absolute atomic E-state index is 0.234. The Morgan fingerprint density at radius 2 is 2.00 bits per heavy atom. The number of rotatable bonds is 3. The van der Waals surface area contributed by atoms with Gasteiger partial charge in [-0.3, -0.25) is 0 Å². The molecule has 0 spiro atoms. The molecule has 0 amide bonds. The van der Waals surface area contributed by atoms with Crippen LogP contribution >= 0.6 is 15.9 Å². The van der Waals surface area contributed by atoms with E-state index in [0.717, 1.165) is 35.2 Å². The van der Waals surface area contributed by atoms with E-state index in [0.29, 0.717) is 12.3 Å². The molecule has 104 valence electrons. The monoisotopic (exact) mass is 326 g/mol. The molecule has 3 rings (SSSR count). The summed E-state index contributed by atoms with van der Waals surface area (Å²) in [5.74, 6) is 1.31. The van der Waals surface area contributed by atoms with Crippen molar-refractivity contribution in [2.45, 2.75) is 50.5 Å². The zero-order valence-electron chi connectivity index (χ0n) is 11.0. The number of aliphatic hydroxyl groups is 1. The van der Waals surface area contributed by atoms with E-state index in [1.54, 1.807) is 6.07 Å². The second kappa shape index (κ2) is 5.17. The van der Waals surface area contributed by atoms with Crippen LogP contribution in [-0.4, -0.2) is 10.7 Å². The predicted octanol–water partition coefficient (Wildman–Crippen LogP) is 4.46. The minimum atomic E-state index is -0.626.